The molecule has 6 nitrogen and oxygen atoms in total. The van der Waals surface area contributed by atoms with E-state index >= 15 is 0 Å². The van der Waals surface area contributed by atoms with Crippen molar-refractivity contribution in [3.8, 4) is 22.1 Å². The number of thiazole rings is 1. The third kappa shape index (κ3) is 4.24. The van der Waals surface area contributed by atoms with Crippen LogP contribution in [0.2, 0.25) is 0 Å². The lowest BCUT2D eigenvalue weighted by molar-refractivity contribution is 0.0956. The van der Waals surface area contributed by atoms with Crippen LogP contribution >= 0.6 is 11.3 Å². The molecule has 2 rings (SSSR count). The highest BCUT2D eigenvalue weighted by Crippen LogP contribution is 2.34. The van der Waals surface area contributed by atoms with Crippen LogP contribution < -0.4 is 20.1 Å². The zero-order valence-corrected chi connectivity index (χ0v) is 15.3. The van der Waals surface area contributed by atoms with Crippen molar-refractivity contribution in [1.29, 1.82) is 0 Å². The van der Waals surface area contributed by atoms with Crippen LogP contribution in [0.25, 0.3) is 10.6 Å². The number of aromatic nitrogens is 1. The number of amides is 1. The summed E-state index contributed by atoms with van der Waals surface area (Å²) in [5.41, 5.74) is 1.63. The summed E-state index contributed by atoms with van der Waals surface area (Å²) in [7, 11) is 5.09. The highest BCUT2D eigenvalue weighted by atomic mass is 32.1. The lowest BCUT2D eigenvalue weighted by Crippen LogP contribution is -2.26. The first kappa shape index (κ1) is 18.2. The average Bonchev–Trinajstić information content (AvgIpc) is 2.99. The van der Waals surface area contributed by atoms with E-state index in [-0.39, 0.29) is 5.91 Å². The predicted molar refractivity (Wildman–Crippen MR) is 96.3 cm³/mol. The number of nitrogens with zero attached hydrogens (tertiary/aromatic N) is 1. The molecule has 0 saturated carbocycles. The Labute approximate surface area is 146 Å². The minimum Gasteiger partial charge on any atom is -0.493 e. The minimum absolute atomic E-state index is 0.0761. The Hall–Kier alpha value is -2.12. The molecule has 0 saturated heterocycles. The van der Waals surface area contributed by atoms with Crippen molar-refractivity contribution in [3.05, 3.63) is 28.8 Å². The van der Waals surface area contributed by atoms with Gasteiger partial charge in [0.25, 0.3) is 5.91 Å². The maximum absolute atomic E-state index is 12.3. The summed E-state index contributed by atoms with van der Waals surface area (Å²) in [5.74, 6) is 1.23. The summed E-state index contributed by atoms with van der Waals surface area (Å²) in [4.78, 5) is 17.5. The number of benzene rings is 1. The summed E-state index contributed by atoms with van der Waals surface area (Å²) >= 11 is 1.38. The van der Waals surface area contributed by atoms with Gasteiger partial charge < -0.3 is 20.1 Å². The van der Waals surface area contributed by atoms with Gasteiger partial charge in [-0.25, -0.2) is 4.98 Å². The summed E-state index contributed by atoms with van der Waals surface area (Å²) in [6, 6.07) is 5.61. The van der Waals surface area contributed by atoms with Crippen LogP contribution in [-0.4, -0.2) is 45.2 Å². The molecule has 130 valence electrons. The van der Waals surface area contributed by atoms with Crippen LogP contribution in [0.15, 0.2) is 18.2 Å². The number of hydrogen-bond donors (Lipinski definition) is 2. The van der Waals surface area contributed by atoms with E-state index in [1.54, 1.807) is 14.2 Å². The first-order chi connectivity index (χ1) is 11.6. The second kappa shape index (κ2) is 8.65. The minimum atomic E-state index is -0.0761. The van der Waals surface area contributed by atoms with Crippen molar-refractivity contribution in [2.45, 2.75) is 13.3 Å². The number of hydrogen-bond acceptors (Lipinski definition) is 6. The zero-order valence-electron chi connectivity index (χ0n) is 14.4. The molecular weight excluding hydrogens is 326 g/mol. The van der Waals surface area contributed by atoms with Crippen LogP contribution in [0.3, 0.4) is 0 Å². The molecule has 0 radical (unpaired) electrons. The standard InChI is InChI=1S/C17H23N3O3S/c1-11-15(16(21)19-9-5-8-18-2)24-17(20-11)12-6-7-13(22-3)14(10-12)23-4/h6-7,10,18H,5,8-9H2,1-4H3,(H,19,21). The molecule has 1 aromatic carbocycles. The predicted octanol–water partition coefficient (Wildman–Crippen LogP) is 2.48. The monoisotopic (exact) mass is 349 g/mol. The van der Waals surface area contributed by atoms with Gasteiger partial charge in [0.1, 0.15) is 9.88 Å². The van der Waals surface area contributed by atoms with E-state index in [9.17, 15) is 4.79 Å². The van der Waals surface area contributed by atoms with Gasteiger partial charge in [0.15, 0.2) is 11.5 Å². The van der Waals surface area contributed by atoms with Crippen molar-refractivity contribution in [2.75, 3.05) is 34.4 Å². The molecule has 0 aliphatic heterocycles. The van der Waals surface area contributed by atoms with E-state index in [4.69, 9.17) is 9.47 Å². The highest BCUT2D eigenvalue weighted by molar-refractivity contribution is 7.17. The number of carbonyl (C=O) groups is 1. The molecule has 0 aliphatic carbocycles. The molecule has 24 heavy (non-hydrogen) atoms. The quantitative estimate of drug-likeness (QED) is 0.716. The van der Waals surface area contributed by atoms with Crippen molar-refractivity contribution >= 4 is 17.2 Å². The maximum Gasteiger partial charge on any atom is 0.263 e. The molecule has 0 spiro atoms. The molecule has 1 amide bonds. The SMILES string of the molecule is CNCCCNC(=O)c1sc(-c2ccc(OC)c(OC)c2)nc1C. The fourth-order valence-corrected chi connectivity index (χ4v) is 3.23. The topological polar surface area (TPSA) is 72.5 Å². The fraction of sp³-hybridized carbons (Fsp3) is 0.412. The Balaban J connectivity index is 2.17. The molecule has 1 heterocycles. The summed E-state index contributed by atoms with van der Waals surface area (Å²) < 4.78 is 10.6. The van der Waals surface area contributed by atoms with E-state index in [1.165, 1.54) is 11.3 Å². The average molecular weight is 349 g/mol. The van der Waals surface area contributed by atoms with Crippen LogP contribution in [0.4, 0.5) is 0 Å². The third-order valence-electron chi connectivity index (χ3n) is 3.52. The van der Waals surface area contributed by atoms with E-state index in [1.807, 2.05) is 32.2 Å². The molecule has 7 heteroatoms. The van der Waals surface area contributed by atoms with Crippen LogP contribution in [0, 0.1) is 6.92 Å². The maximum atomic E-state index is 12.3. The van der Waals surface area contributed by atoms with E-state index in [2.05, 4.69) is 15.6 Å². The van der Waals surface area contributed by atoms with Gasteiger partial charge in [-0.1, -0.05) is 0 Å². The number of carbonyl (C=O) groups excluding carboxylic acids is 1. The Bertz CT molecular complexity index is 700. The molecule has 0 fully saturated rings. The normalized spacial score (nSPS) is 10.5. The van der Waals surface area contributed by atoms with E-state index < -0.39 is 0 Å². The van der Waals surface area contributed by atoms with Crippen molar-refractivity contribution < 1.29 is 14.3 Å². The lowest BCUT2D eigenvalue weighted by Gasteiger charge is -2.08. The number of ether oxygens (including phenoxy) is 2. The second-order valence-electron chi connectivity index (χ2n) is 5.22. The first-order valence-corrected chi connectivity index (χ1v) is 8.55. The number of aryl methyl sites for hydroxylation is 1. The van der Waals surface area contributed by atoms with Gasteiger partial charge >= 0.3 is 0 Å². The highest BCUT2D eigenvalue weighted by Gasteiger charge is 2.17. The summed E-state index contributed by atoms with van der Waals surface area (Å²) in [5, 5.41) is 6.77. The van der Waals surface area contributed by atoms with Crippen molar-refractivity contribution in [2.24, 2.45) is 0 Å². The second-order valence-corrected chi connectivity index (χ2v) is 6.22. The third-order valence-corrected chi connectivity index (χ3v) is 4.73. The van der Waals surface area contributed by atoms with Crippen molar-refractivity contribution in [3.63, 3.8) is 0 Å². The van der Waals surface area contributed by atoms with Gasteiger partial charge in [-0.05, 0) is 45.1 Å². The van der Waals surface area contributed by atoms with Gasteiger partial charge in [-0.3, -0.25) is 4.79 Å². The molecule has 0 aliphatic rings. The molecule has 0 atom stereocenters. The Morgan fingerprint density at radius 2 is 1.96 bits per heavy atom. The van der Waals surface area contributed by atoms with Crippen molar-refractivity contribution in [1.82, 2.24) is 15.6 Å². The number of nitrogens with one attached hydrogen (secondary N) is 2. The molecule has 2 aromatic rings. The van der Waals surface area contributed by atoms with Crippen LogP contribution in [0.5, 0.6) is 11.5 Å². The Morgan fingerprint density at radius 1 is 1.21 bits per heavy atom. The fourth-order valence-electron chi connectivity index (χ4n) is 2.25. The molecule has 1 aromatic heterocycles. The molecule has 0 unspecified atom stereocenters. The molecule has 0 bridgehead atoms. The number of rotatable bonds is 8. The summed E-state index contributed by atoms with van der Waals surface area (Å²) in [6.45, 7) is 3.37. The van der Waals surface area contributed by atoms with Gasteiger partial charge in [0.2, 0.25) is 0 Å². The van der Waals surface area contributed by atoms with Gasteiger partial charge in [0.05, 0.1) is 19.9 Å². The largest absolute Gasteiger partial charge is 0.493 e. The van der Waals surface area contributed by atoms with Gasteiger partial charge in [-0.2, -0.15) is 0 Å². The molecule has 2 N–H and O–H groups in total. The van der Waals surface area contributed by atoms with Crippen LogP contribution in [-0.2, 0) is 0 Å². The zero-order chi connectivity index (χ0) is 17.5. The van der Waals surface area contributed by atoms with E-state index in [0.717, 1.165) is 29.2 Å². The van der Waals surface area contributed by atoms with Gasteiger partial charge in [-0.15, -0.1) is 11.3 Å². The Morgan fingerprint density at radius 3 is 2.62 bits per heavy atom. The van der Waals surface area contributed by atoms with Crippen LogP contribution in [0.1, 0.15) is 21.8 Å². The first-order valence-electron chi connectivity index (χ1n) is 7.73. The lowest BCUT2D eigenvalue weighted by atomic mass is 10.2. The number of methoxy groups -OCH3 is 2. The smallest absolute Gasteiger partial charge is 0.263 e. The summed E-state index contributed by atoms with van der Waals surface area (Å²) in [6.07, 6.45) is 0.891. The van der Waals surface area contributed by atoms with Gasteiger partial charge in [0, 0.05) is 12.1 Å². The molecular formula is C17H23N3O3S. The Kier molecular flexibility index (Phi) is 6.57. The van der Waals surface area contributed by atoms with E-state index in [0.29, 0.717) is 22.9 Å².